The molecule has 0 radical (unpaired) electrons. The van der Waals surface area contributed by atoms with Crippen molar-refractivity contribution in [2.75, 3.05) is 43.1 Å². The van der Waals surface area contributed by atoms with Crippen molar-refractivity contribution in [2.45, 2.75) is 57.1 Å². The molecule has 3 aromatic rings. The molecule has 1 aliphatic rings. The first-order valence-electron chi connectivity index (χ1n) is 13.9. The third-order valence-electron chi connectivity index (χ3n) is 8.02. The van der Waals surface area contributed by atoms with Gasteiger partial charge in [0.25, 0.3) is 10.0 Å². The largest absolute Gasteiger partial charge is 0.497 e. The molecule has 0 N–H and O–H groups in total. The van der Waals surface area contributed by atoms with E-state index in [-0.39, 0.29) is 28.8 Å². The van der Waals surface area contributed by atoms with Crippen LogP contribution in [0, 0.1) is 17.6 Å². The number of hydrogen-bond acceptors (Lipinski definition) is 7. The summed E-state index contributed by atoms with van der Waals surface area (Å²) in [7, 11) is -2.21. The van der Waals surface area contributed by atoms with Gasteiger partial charge < -0.3 is 14.4 Å². The molecule has 2 unspecified atom stereocenters. The molecule has 1 aromatic heterocycles. The van der Waals surface area contributed by atoms with E-state index in [0.717, 1.165) is 31.6 Å². The summed E-state index contributed by atoms with van der Waals surface area (Å²) in [6.45, 7) is 9.67. The van der Waals surface area contributed by atoms with Crippen LogP contribution in [0.5, 0.6) is 11.5 Å². The van der Waals surface area contributed by atoms with Gasteiger partial charge in [0.2, 0.25) is 5.95 Å². The standard InChI is InChI=1S/C30H36ClF3N4O4S/c1-7-36(8-2)30(4)16-19(3)37(18-30)23-15-22(32)29(28(34)27(23)31)43(39,40)38(26-11-9-10-25(33)35-26)17-20-12-13-21(41-5)14-24(20)42-6/h9-15,19H,7-8,16-18H2,1-6H3. The third kappa shape index (κ3) is 6.23. The van der Waals surface area contributed by atoms with Crippen molar-refractivity contribution in [1.82, 2.24) is 9.88 Å². The first-order valence-corrected chi connectivity index (χ1v) is 15.7. The van der Waals surface area contributed by atoms with Crippen LogP contribution in [0.15, 0.2) is 47.4 Å². The van der Waals surface area contributed by atoms with Gasteiger partial charge in [0.1, 0.15) is 28.2 Å². The molecule has 4 rings (SSSR count). The number of methoxy groups -OCH3 is 2. The van der Waals surface area contributed by atoms with Crippen LogP contribution in [-0.2, 0) is 16.6 Å². The highest BCUT2D eigenvalue weighted by atomic mass is 35.5. The lowest BCUT2D eigenvalue weighted by Gasteiger charge is -2.37. The van der Waals surface area contributed by atoms with E-state index in [0.29, 0.717) is 22.2 Å². The maximum Gasteiger partial charge on any atom is 0.271 e. The normalized spacial score (nSPS) is 18.8. The molecule has 1 saturated heterocycles. The second kappa shape index (κ2) is 12.8. The van der Waals surface area contributed by atoms with E-state index >= 15 is 8.78 Å². The number of nitrogens with zero attached hydrogens (tertiary/aromatic N) is 4. The Hall–Kier alpha value is -3.22. The Balaban J connectivity index is 1.82. The summed E-state index contributed by atoms with van der Waals surface area (Å²) in [5.74, 6) is -3.46. The van der Waals surface area contributed by atoms with Crippen LogP contribution in [-0.4, -0.2) is 63.7 Å². The molecule has 234 valence electrons. The van der Waals surface area contributed by atoms with E-state index in [1.54, 1.807) is 11.0 Å². The van der Waals surface area contributed by atoms with Crippen molar-refractivity contribution in [3.05, 3.63) is 70.6 Å². The van der Waals surface area contributed by atoms with E-state index in [4.69, 9.17) is 21.1 Å². The lowest BCUT2D eigenvalue weighted by Crippen LogP contribution is -2.48. The lowest BCUT2D eigenvalue weighted by atomic mass is 9.96. The highest BCUT2D eigenvalue weighted by Gasteiger charge is 2.44. The number of benzene rings is 2. The molecule has 0 saturated carbocycles. The summed E-state index contributed by atoms with van der Waals surface area (Å²) in [6.07, 6.45) is 0.719. The summed E-state index contributed by atoms with van der Waals surface area (Å²) >= 11 is 6.49. The monoisotopic (exact) mass is 640 g/mol. The predicted molar refractivity (Wildman–Crippen MR) is 161 cm³/mol. The zero-order chi connectivity index (χ0) is 31.7. The molecule has 1 fully saturated rings. The Morgan fingerprint density at radius 3 is 2.40 bits per heavy atom. The molecule has 0 bridgehead atoms. The molecule has 0 spiro atoms. The average Bonchev–Trinajstić information content (AvgIpc) is 3.28. The second-order valence-corrected chi connectivity index (χ2v) is 12.9. The third-order valence-corrected chi connectivity index (χ3v) is 10.2. The SMILES string of the molecule is CCN(CC)C1(C)CC(C)N(c2cc(F)c(S(=O)(=O)N(Cc3ccc(OC)cc3OC)c3cccc(F)n3)c(F)c2Cl)C1. The predicted octanol–water partition coefficient (Wildman–Crippen LogP) is 6.26. The van der Waals surface area contributed by atoms with Gasteiger partial charge in [-0.15, -0.1) is 0 Å². The van der Waals surface area contributed by atoms with Gasteiger partial charge >= 0.3 is 0 Å². The van der Waals surface area contributed by atoms with Crippen LogP contribution in [0.3, 0.4) is 0 Å². The number of sulfonamides is 1. The minimum absolute atomic E-state index is 0.0613. The van der Waals surface area contributed by atoms with Gasteiger partial charge in [0.15, 0.2) is 10.7 Å². The zero-order valence-electron chi connectivity index (χ0n) is 25.0. The fraction of sp³-hybridized carbons (Fsp3) is 0.433. The van der Waals surface area contributed by atoms with E-state index in [2.05, 4.69) is 30.7 Å². The Morgan fingerprint density at radius 2 is 1.79 bits per heavy atom. The second-order valence-electron chi connectivity index (χ2n) is 10.7. The van der Waals surface area contributed by atoms with Crippen LogP contribution in [0.2, 0.25) is 5.02 Å². The van der Waals surface area contributed by atoms with Gasteiger partial charge in [-0.05, 0) is 57.6 Å². The molecule has 2 atom stereocenters. The van der Waals surface area contributed by atoms with E-state index in [1.807, 2.05) is 6.92 Å². The highest BCUT2D eigenvalue weighted by molar-refractivity contribution is 7.92. The van der Waals surface area contributed by atoms with E-state index in [9.17, 15) is 12.8 Å². The number of pyridine rings is 1. The Morgan fingerprint density at radius 1 is 1.09 bits per heavy atom. The number of likely N-dealkylation sites (N-methyl/N-ethyl adjacent to an activating group) is 1. The molecule has 13 heteroatoms. The average molecular weight is 641 g/mol. The van der Waals surface area contributed by atoms with Crippen LogP contribution in [0.1, 0.15) is 39.7 Å². The Labute approximate surface area is 256 Å². The zero-order valence-corrected chi connectivity index (χ0v) is 26.6. The van der Waals surface area contributed by atoms with Gasteiger partial charge in [-0.1, -0.05) is 31.5 Å². The molecule has 0 aliphatic carbocycles. The summed E-state index contributed by atoms with van der Waals surface area (Å²) in [4.78, 5) is 6.51. The van der Waals surface area contributed by atoms with Crippen LogP contribution in [0.4, 0.5) is 24.7 Å². The van der Waals surface area contributed by atoms with Crippen LogP contribution >= 0.6 is 11.6 Å². The molecule has 2 aromatic carbocycles. The Kier molecular flexibility index (Phi) is 9.72. The number of aromatic nitrogens is 1. The van der Waals surface area contributed by atoms with E-state index in [1.165, 1.54) is 38.5 Å². The Bertz CT molecular complexity index is 1590. The molecular formula is C30H36ClF3N4O4S. The maximum atomic E-state index is 16.1. The highest BCUT2D eigenvalue weighted by Crippen LogP contribution is 2.42. The number of hydrogen-bond donors (Lipinski definition) is 0. The first-order chi connectivity index (χ1) is 20.3. The van der Waals surface area contributed by atoms with Crippen molar-refractivity contribution in [1.29, 1.82) is 0 Å². The molecule has 1 aliphatic heterocycles. The van der Waals surface area contributed by atoms with Crippen molar-refractivity contribution in [3.8, 4) is 11.5 Å². The summed E-state index contributed by atoms with van der Waals surface area (Å²) in [5.41, 5.74) is 0.0932. The van der Waals surface area contributed by atoms with Gasteiger partial charge in [0.05, 0.1) is 26.5 Å². The van der Waals surface area contributed by atoms with Crippen LogP contribution in [0.25, 0.3) is 0 Å². The van der Waals surface area contributed by atoms with Gasteiger partial charge in [-0.25, -0.2) is 26.5 Å². The summed E-state index contributed by atoms with van der Waals surface area (Å²) in [5, 5.41) is -0.523. The van der Waals surface area contributed by atoms with E-state index < -0.39 is 44.1 Å². The lowest BCUT2D eigenvalue weighted by molar-refractivity contribution is 0.135. The van der Waals surface area contributed by atoms with Crippen molar-refractivity contribution in [2.24, 2.45) is 0 Å². The molecule has 2 heterocycles. The fourth-order valence-electron chi connectivity index (χ4n) is 5.96. The quantitative estimate of drug-likeness (QED) is 0.181. The number of halogens is 4. The minimum Gasteiger partial charge on any atom is -0.497 e. The molecular weight excluding hydrogens is 605 g/mol. The minimum atomic E-state index is -5.04. The molecule has 8 nitrogen and oxygen atoms in total. The van der Waals surface area contributed by atoms with Gasteiger partial charge in [-0.3, -0.25) is 4.90 Å². The van der Waals surface area contributed by atoms with Crippen molar-refractivity contribution >= 4 is 33.1 Å². The van der Waals surface area contributed by atoms with Gasteiger partial charge in [-0.2, -0.15) is 4.39 Å². The molecule has 0 amide bonds. The van der Waals surface area contributed by atoms with Crippen LogP contribution < -0.4 is 18.7 Å². The molecule has 43 heavy (non-hydrogen) atoms. The van der Waals surface area contributed by atoms with Crippen molar-refractivity contribution in [3.63, 3.8) is 0 Å². The topological polar surface area (TPSA) is 75.2 Å². The summed E-state index contributed by atoms with van der Waals surface area (Å²) in [6, 6.07) is 8.95. The van der Waals surface area contributed by atoms with Gasteiger partial charge in [0, 0.05) is 35.8 Å². The summed E-state index contributed by atoms with van der Waals surface area (Å²) < 4.78 is 85.5. The number of rotatable bonds is 11. The maximum absolute atomic E-state index is 16.1. The number of ether oxygens (including phenoxy) is 2. The first kappa shape index (κ1) is 32.7. The number of anilines is 2. The van der Waals surface area contributed by atoms with Crippen molar-refractivity contribution < 1.29 is 31.1 Å². The smallest absolute Gasteiger partial charge is 0.271 e. The fourth-order valence-corrected chi connectivity index (χ4v) is 7.78.